The number of thioether (sulfide) groups is 4. The summed E-state index contributed by atoms with van der Waals surface area (Å²) < 4.78 is 2.76. The molecule has 0 saturated heterocycles. The van der Waals surface area contributed by atoms with Crippen molar-refractivity contribution in [3.05, 3.63) is 74.9 Å². The molecule has 0 N–H and O–H groups in total. The van der Waals surface area contributed by atoms with Crippen molar-refractivity contribution in [2.75, 3.05) is 0 Å². The molecule has 2 aliphatic heterocycles. The average molecular weight is 395 g/mol. The Bertz CT molecular complexity index is 686. The highest BCUT2D eigenvalue weighted by molar-refractivity contribution is 8.28. The van der Waals surface area contributed by atoms with Crippen LogP contribution < -0.4 is 0 Å². The fourth-order valence-electron chi connectivity index (χ4n) is 2.14. The van der Waals surface area contributed by atoms with Gasteiger partial charge in [-0.1, -0.05) is 59.2 Å². The molecular formula is C16H10S6. The Morgan fingerprint density at radius 1 is 0.591 bits per heavy atom. The molecule has 4 heterocycles. The number of allylic oxidation sites excluding steroid dienone is 2. The van der Waals surface area contributed by atoms with Gasteiger partial charge in [-0.05, 0) is 44.5 Å². The molecule has 0 aromatic carbocycles. The van der Waals surface area contributed by atoms with Crippen LogP contribution >= 0.6 is 69.7 Å². The highest BCUT2D eigenvalue weighted by Crippen LogP contribution is 2.54. The van der Waals surface area contributed by atoms with E-state index in [1.807, 2.05) is 69.7 Å². The quantitative estimate of drug-likeness (QED) is 0.521. The summed E-state index contributed by atoms with van der Waals surface area (Å²) >= 11 is 11.0. The highest BCUT2D eigenvalue weighted by Gasteiger charge is 2.24. The first-order chi connectivity index (χ1) is 10.9. The van der Waals surface area contributed by atoms with Crippen molar-refractivity contribution in [3.63, 3.8) is 0 Å². The van der Waals surface area contributed by atoms with Crippen LogP contribution in [0.15, 0.2) is 65.1 Å². The van der Waals surface area contributed by atoms with E-state index in [1.165, 1.54) is 29.4 Å². The lowest BCUT2D eigenvalue weighted by atomic mass is 10.1. The summed E-state index contributed by atoms with van der Waals surface area (Å²) in [4.78, 5) is 2.70. The van der Waals surface area contributed by atoms with E-state index in [1.54, 1.807) is 0 Å². The lowest BCUT2D eigenvalue weighted by Crippen LogP contribution is -1.90. The average Bonchev–Trinajstić information content (AvgIpc) is 3.35. The first kappa shape index (κ1) is 15.3. The summed E-state index contributed by atoms with van der Waals surface area (Å²) in [6, 6.07) is 8.75. The fraction of sp³-hybridized carbons (Fsp3) is 0. The van der Waals surface area contributed by atoms with Gasteiger partial charge < -0.3 is 0 Å². The van der Waals surface area contributed by atoms with Gasteiger partial charge in [-0.3, -0.25) is 0 Å². The third-order valence-electron chi connectivity index (χ3n) is 3.00. The first-order valence-corrected chi connectivity index (χ1v) is 11.7. The van der Waals surface area contributed by atoms with Gasteiger partial charge in [-0.25, -0.2) is 0 Å². The monoisotopic (exact) mass is 394 g/mol. The molecule has 0 aliphatic carbocycles. The third kappa shape index (κ3) is 3.05. The van der Waals surface area contributed by atoms with Crippen LogP contribution in [0.25, 0.3) is 11.1 Å². The Kier molecular flexibility index (Phi) is 4.95. The fourth-order valence-corrected chi connectivity index (χ4v) is 7.78. The number of rotatable bonds is 3. The lowest BCUT2D eigenvalue weighted by Gasteiger charge is -2.15. The van der Waals surface area contributed by atoms with Crippen LogP contribution in [0.2, 0.25) is 0 Å². The molecule has 0 saturated carbocycles. The van der Waals surface area contributed by atoms with Crippen molar-refractivity contribution in [1.29, 1.82) is 0 Å². The van der Waals surface area contributed by atoms with Crippen LogP contribution in [0.3, 0.4) is 0 Å². The minimum absolute atomic E-state index is 1.35. The molecule has 0 nitrogen and oxygen atoms in total. The van der Waals surface area contributed by atoms with Crippen LogP contribution in [0, 0.1) is 0 Å². The molecule has 0 unspecified atom stereocenters. The van der Waals surface area contributed by atoms with Gasteiger partial charge in [0.2, 0.25) is 0 Å². The summed E-state index contributed by atoms with van der Waals surface area (Å²) in [5, 5.41) is 13.0. The summed E-state index contributed by atoms with van der Waals surface area (Å²) in [6.07, 6.45) is 0. The standard InChI is InChI=1S/C16H10S6/c1-3-11(17-5-1)13(15-19-7-8-20-15)14(12-4-2-6-18-12)16-21-9-10-22-16/h1-10H. The van der Waals surface area contributed by atoms with Gasteiger partial charge in [-0.2, -0.15) is 0 Å². The lowest BCUT2D eigenvalue weighted by molar-refractivity contribution is 1.82. The largest absolute Gasteiger partial charge is 0.144 e. The van der Waals surface area contributed by atoms with E-state index < -0.39 is 0 Å². The number of thiophene rings is 2. The molecule has 2 aliphatic rings. The smallest absolute Gasteiger partial charge is 0.0580 e. The van der Waals surface area contributed by atoms with Gasteiger partial charge in [0.1, 0.15) is 0 Å². The minimum Gasteiger partial charge on any atom is -0.144 e. The molecule has 0 atom stereocenters. The first-order valence-electron chi connectivity index (χ1n) is 6.47. The maximum absolute atomic E-state index is 2.23. The minimum atomic E-state index is 1.35. The summed E-state index contributed by atoms with van der Waals surface area (Å²) in [7, 11) is 0. The predicted octanol–water partition coefficient (Wildman–Crippen LogP) is 7.75. The van der Waals surface area contributed by atoms with E-state index in [-0.39, 0.29) is 0 Å². The van der Waals surface area contributed by atoms with Crippen LogP contribution in [-0.4, -0.2) is 0 Å². The molecule has 110 valence electrons. The molecule has 0 radical (unpaired) electrons. The zero-order valence-electron chi connectivity index (χ0n) is 11.2. The molecule has 6 heteroatoms. The van der Waals surface area contributed by atoms with Crippen LogP contribution in [0.4, 0.5) is 0 Å². The SMILES string of the molecule is C1=CSC(=C(C(=C2SC=CS2)c2cccs2)c2cccs2)S1. The Morgan fingerprint density at radius 3 is 1.32 bits per heavy atom. The maximum Gasteiger partial charge on any atom is 0.0580 e. The Morgan fingerprint density at radius 2 is 1.00 bits per heavy atom. The van der Waals surface area contributed by atoms with Crippen LogP contribution in [0.5, 0.6) is 0 Å². The van der Waals surface area contributed by atoms with Gasteiger partial charge in [0, 0.05) is 20.9 Å². The molecule has 0 spiro atoms. The van der Waals surface area contributed by atoms with Gasteiger partial charge in [-0.15, -0.1) is 22.7 Å². The number of hydrogen-bond acceptors (Lipinski definition) is 6. The van der Waals surface area contributed by atoms with E-state index in [4.69, 9.17) is 0 Å². The molecule has 22 heavy (non-hydrogen) atoms. The molecule has 2 aromatic rings. The third-order valence-corrected chi connectivity index (χ3v) is 9.04. The molecule has 4 rings (SSSR count). The van der Waals surface area contributed by atoms with E-state index in [9.17, 15) is 0 Å². The Labute approximate surface area is 154 Å². The zero-order chi connectivity index (χ0) is 14.8. The highest BCUT2D eigenvalue weighted by atomic mass is 32.2. The number of hydrogen-bond donors (Lipinski definition) is 0. The molecule has 0 amide bonds. The topological polar surface area (TPSA) is 0 Å². The van der Waals surface area contributed by atoms with E-state index in [0.29, 0.717) is 0 Å². The van der Waals surface area contributed by atoms with Gasteiger partial charge in [0.15, 0.2) is 0 Å². The molecule has 2 aromatic heterocycles. The van der Waals surface area contributed by atoms with Crippen LogP contribution in [0.1, 0.15) is 9.75 Å². The predicted molar refractivity (Wildman–Crippen MR) is 111 cm³/mol. The van der Waals surface area contributed by atoms with Crippen LogP contribution in [-0.2, 0) is 0 Å². The second kappa shape index (κ2) is 7.11. The summed E-state index contributed by atoms with van der Waals surface area (Å²) in [5.41, 5.74) is 2.77. The van der Waals surface area contributed by atoms with Gasteiger partial charge in [0.05, 0.1) is 8.47 Å². The van der Waals surface area contributed by atoms with Crippen molar-refractivity contribution < 1.29 is 0 Å². The Balaban J connectivity index is 1.93. The molecule has 0 fully saturated rings. The van der Waals surface area contributed by atoms with Gasteiger partial charge in [0.25, 0.3) is 0 Å². The summed E-state index contributed by atoms with van der Waals surface area (Å²) in [6.45, 7) is 0. The second-order valence-corrected chi connectivity index (χ2v) is 10.4. The van der Waals surface area contributed by atoms with E-state index in [0.717, 1.165) is 0 Å². The van der Waals surface area contributed by atoms with E-state index in [2.05, 4.69) is 56.7 Å². The molecular weight excluding hydrogens is 385 g/mol. The normalized spacial score (nSPS) is 16.7. The van der Waals surface area contributed by atoms with Crippen molar-refractivity contribution in [2.24, 2.45) is 0 Å². The molecule has 0 bridgehead atoms. The van der Waals surface area contributed by atoms with Gasteiger partial charge >= 0.3 is 0 Å². The van der Waals surface area contributed by atoms with Crippen molar-refractivity contribution in [2.45, 2.75) is 0 Å². The summed E-state index contributed by atoms with van der Waals surface area (Å²) in [5.74, 6) is 0. The van der Waals surface area contributed by atoms with Crippen molar-refractivity contribution in [1.82, 2.24) is 0 Å². The van der Waals surface area contributed by atoms with E-state index >= 15 is 0 Å². The van der Waals surface area contributed by atoms with Crippen molar-refractivity contribution >= 4 is 80.9 Å². The Hall–Kier alpha value is -0.240. The van der Waals surface area contributed by atoms with Crippen molar-refractivity contribution in [3.8, 4) is 0 Å². The zero-order valence-corrected chi connectivity index (χ0v) is 16.1. The maximum atomic E-state index is 2.23. The second-order valence-electron chi connectivity index (χ2n) is 4.30.